The van der Waals surface area contributed by atoms with Crippen molar-refractivity contribution in [2.45, 2.75) is 11.8 Å². The molecular formula is C9H13BrN2O2S. The van der Waals surface area contributed by atoms with E-state index < -0.39 is 10.0 Å². The van der Waals surface area contributed by atoms with Crippen LogP contribution in [0, 0.1) is 6.92 Å². The van der Waals surface area contributed by atoms with Gasteiger partial charge >= 0.3 is 0 Å². The Morgan fingerprint density at radius 3 is 2.40 bits per heavy atom. The van der Waals surface area contributed by atoms with Crippen molar-refractivity contribution in [3.63, 3.8) is 0 Å². The van der Waals surface area contributed by atoms with E-state index in [0.717, 1.165) is 5.56 Å². The first-order valence-electron chi connectivity index (χ1n) is 4.29. The highest BCUT2D eigenvalue weighted by molar-refractivity contribution is 9.10. The first-order chi connectivity index (χ1) is 6.83. The topological polar surface area (TPSA) is 49.4 Å². The van der Waals surface area contributed by atoms with Gasteiger partial charge in [-0.1, -0.05) is 6.07 Å². The van der Waals surface area contributed by atoms with Crippen LogP contribution in [0.1, 0.15) is 5.56 Å². The number of benzene rings is 1. The van der Waals surface area contributed by atoms with Gasteiger partial charge in [-0.25, -0.2) is 13.4 Å². The molecule has 0 aliphatic carbocycles. The quantitative estimate of drug-likeness (QED) is 0.860. The van der Waals surface area contributed by atoms with Crippen molar-refractivity contribution < 1.29 is 8.42 Å². The van der Waals surface area contributed by atoms with Crippen molar-refractivity contribution in [3.05, 3.63) is 28.2 Å². The summed E-state index contributed by atoms with van der Waals surface area (Å²) < 4.78 is 24.2. The highest BCUT2D eigenvalue weighted by atomic mass is 79.9. The van der Waals surface area contributed by atoms with Crippen LogP contribution in [0.2, 0.25) is 0 Å². The van der Waals surface area contributed by atoms with Crippen LogP contribution in [-0.2, 0) is 10.0 Å². The van der Waals surface area contributed by atoms with Gasteiger partial charge in [0.1, 0.15) is 0 Å². The summed E-state index contributed by atoms with van der Waals surface area (Å²) in [5.74, 6) is 0. The molecule has 0 saturated carbocycles. The van der Waals surface area contributed by atoms with E-state index in [0.29, 0.717) is 4.47 Å². The van der Waals surface area contributed by atoms with Crippen molar-refractivity contribution in [1.82, 2.24) is 9.84 Å². The van der Waals surface area contributed by atoms with E-state index in [-0.39, 0.29) is 4.90 Å². The number of hydrazine groups is 1. The summed E-state index contributed by atoms with van der Waals surface area (Å²) in [4.78, 5) is 2.61. The Morgan fingerprint density at radius 2 is 1.93 bits per heavy atom. The molecule has 0 aliphatic rings. The summed E-state index contributed by atoms with van der Waals surface area (Å²) in [7, 11) is -0.229. The minimum atomic E-state index is -3.48. The minimum absolute atomic E-state index is 0.238. The van der Waals surface area contributed by atoms with Crippen LogP contribution in [0.3, 0.4) is 0 Å². The largest absolute Gasteiger partial charge is 0.254 e. The Morgan fingerprint density at radius 1 is 1.33 bits per heavy atom. The molecule has 4 nitrogen and oxygen atoms in total. The highest BCUT2D eigenvalue weighted by Crippen LogP contribution is 2.22. The molecule has 0 heterocycles. The van der Waals surface area contributed by atoms with Gasteiger partial charge in [0, 0.05) is 18.6 Å². The van der Waals surface area contributed by atoms with E-state index in [1.165, 1.54) is 5.01 Å². The molecule has 0 aliphatic heterocycles. The van der Waals surface area contributed by atoms with E-state index in [1.807, 2.05) is 6.92 Å². The fraction of sp³-hybridized carbons (Fsp3) is 0.333. The fourth-order valence-corrected chi connectivity index (χ4v) is 3.39. The van der Waals surface area contributed by atoms with Gasteiger partial charge in [-0.15, -0.1) is 4.83 Å². The van der Waals surface area contributed by atoms with E-state index >= 15 is 0 Å². The number of halogens is 1. The molecule has 0 saturated heterocycles. The second-order valence-corrected chi connectivity index (χ2v) is 5.91. The zero-order valence-corrected chi connectivity index (χ0v) is 11.2. The van der Waals surface area contributed by atoms with Crippen molar-refractivity contribution in [2.75, 3.05) is 14.1 Å². The lowest BCUT2D eigenvalue weighted by molar-refractivity contribution is 0.364. The van der Waals surface area contributed by atoms with Crippen molar-refractivity contribution in [2.24, 2.45) is 0 Å². The molecule has 84 valence electrons. The van der Waals surface area contributed by atoms with Gasteiger partial charge in [0.25, 0.3) is 10.0 Å². The Bertz CT molecular complexity index is 457. The van der Waals surface area contributed by atoms with E-state index in [2.05, 4.69) is 20.8 Å². The van der Waals surface area contributed by atoms with Crippen LogP contribution in [0.15, 0.2) is 27.6 Å². The molecule has 6 heteroatoms. The summed E-state index contributed by atoms with van der Waals surface area (Å²) in [5.41, 5.74) is 1.01. The lowest BCUT2D eigenvalue weighted by atomic mass is 10.2. The van der Waals surface area contributed by atoms with Crippen LogP contribution < -0.4 is 4.83 Å². The third-order valence-corrected chi connectivity index (χ3v) is 4.14. The second-order valence-electron chi connectivity index (χ2n) is 3.42. The average molecular weight is 293 g/mol. The third kappa shape index (κ3) is 3.27. The predicted octanol–water partition coefficient (Wildman–Crippen LogP) is 1.51. The molecule has 0 atom stereocenters. The standard InChI is InChI=1S/C9H13BrN2O2S/c1-7-4-5-9(8(10)6-7)15(13,14)11-12(2)3/h4-6,11H,1-3H3. The van der Waals surface area contributed by atoms with E-state index in [1.54, 1.807) is 32.3 Å². The average Bonchev–Trinajstić information content (AvgIpc) is 1.99. The molecule has 1 aromatic rings. The van der Waals surface area contributed by atoms with Gasteiger partial charge in [0.15, 0.2) is 0 Å². The monoisotopic (exact) mass is 292 g/mol. The number of rotatable bonds is 3. The zero-order valence-electron chi connectivity index (χ0n) is 8.78. The second kappa shape index (κ2) is 4.61. The summed E-state index contributed by atoms with van der Waals surface area (Å²) in [6.45, 7) is 1.90. The number of hydrogen-bond donors (Lipinski definition) is 1. The molecule has 0 amide bonds. The van der Waals surface area contributed by atoms with Crippen LogP contribution in [0.4, 0.5) is 0 Å². The van der Waals surface area contributed by atoms with Gasteiger partial charge in [-0.05, 0) is 40.5 Å². The molecule has 0 bridgehead atoms. The third-order valence-electron chi connectivity index (χ3n) is 1.68. The van der Waals surface area contributed by atoms with Crippen molar-refractivity contribution >= 4 is 26.0 Å². The number of aryl methyl sites for hydroxylation is 1. The van der Waals surface area contributed by atoms with Gasteiger partial charge in [0.05, 0.1) is 4.90 Å². The normalized spacial score (nSPS) is 12.1. The van der Waals surface area contributed by atoms with Gasteiger partial charge in [-0.2, -0.15) is 0 Å². The van der Waals surface area contributed by atoms with Crippen LogP contribution in [0.5, 0.6) is 0 Å². The van der Waals surface area contributed by atoms with Gasteiger partial charge in [0.2, 0.25) is 0 Å². The van der Waals surface area contributed by atoms with Crippen LogP contribution >= 0.6 is 15.9 Å². The van der Waals surface area contributed by atoms with Gasteiger partial charge < -0.3 is 0 Å². The molecule has 0 aromatic heterocycles. The Hall–Kier alpha value is -0.430. The summed E-state index contributed by atoms with van der Waals surface area (Å²) >= 11 is 3.24. The number of nitrogens with one attached hydrogen (secondary N) is 1. The lowest BCUT2D eigenvalue weighted by Crippen LogP contribution is -2.36. The molecule has 0 unspecified atom stereocenters. The summed E-state index contributed by atoms with van der Waals surface area (Å²) in [6, 6.07) is 5.10. The maximum atomic E-state index is 11.8. The Labute approximate surface area is 98.4 Å². The molecule has 15 heavy (non-hydrogen) atoms. The maximum Gasteiger partial charge on any atom is 0.254 e. The smallest absolute Gasteiger partial charge is 0.237 e. The summed E-state index contributed by atoms with van der Waals surface area (Å²) in [5, 5.41) is 1.39. The molecule has 0 radical (unpaired) electrons. The number of nitrogens with zero attached hydrogens (tertiary/aromatic N) is 1. The van der Waals surface area contributed by atoms with E-state index in [9.17, 15) is 8.42 Å². The fourth-order valence-electron chi connectivity index (χ4n) is 1.11. The van der Waals surface area contributed by atoms with Gasteiger partial charge in [-0.3, -0.25) is 0 Å². The molecule has 0 spiro atoms. The molecule has 1 aromatic carbocycles. The lowest BCUT2D eigenvalue weighted by Gasteiger charge is -2.13. The van der Waals surface area contributed by atoms with Crippen LogP contribution in [0.25, 0.3) is 0 Å². The van der Waals surface area contributed by atoms with Crippen LogP contribution in [-0.4, -0.2) is 27.5 Å². The number of sulfonamides is 1. The molecule has 1 rings (SSSR count). The maximum absolute atomic E-state index is 11.8. The van der Waals surface area contributed by atoms with E-state index in [4.69, 9.17) is 0 Å². The highest BCUT2D eigenvalue weighted by Gasteiger charge is 2.17. The molecule has 0 fully saturated rings. The van der Waals surface area contributed by atoms with Crippen molar-refractivity contribution in [3.8, 4) is 0 Å². The molecule has 1 N–H and O–H groups in total. The summed E-state index contributed by atoms with van der Waals surface area (Å²) in [6.07, 6.45) is 0. The predicted molar refractivity (Wildman–Crippen MR) is 62.9 cm³/mol. The minimum Gasteiger partial charge on any atom is -0.237 e. The van der Waals surface area contributed by atoms with Crippen molar-refractivity contribution in [1.29, 1.82) is 0 Å². The SMILES string of the molecule is Cc1ccc(S(=O)(=O)NN(C)C)c(Br)c1. The Kier molecular flexibility index (Phi) is 3.88. The first kappa shape index (κ1) is 12.6. The zero-order chi connectivity index (χ0) is 11.6. The molecular weight excluding hydrogens is 280 g/mol. The number of hydrogen-bond acceptors (Lipinski definition) is 3. The first-order valence-corrected chi connectivity index (χ1v) is 6.56. The Balaban J connectivity index is 3.16.